The van der Waals surface area contributed by atoms with E-state index in [-0.39, 0.29) is 24.1 Å². The van der Waals surface area contributed by atoms with E-state index in [4.69, 9.17) is 9.94 Å². The van der Waals surface area contributed by atoms with E-state index in [1.165, 1.54) is 5.39 Å². The van der Waals surface area contributed by atoms with Gasteiger partial charge in [0.05, 0.1) is 12.2 Å². The fourth-order valence-electron chi connectivity index (χ4n) is 4.87. The Morgan fingerprint density at radius 2 is 1.69 bits per heavy atom. The van der Waals surface area contributed by atoms with Crippen molar-refractivity contribution in [3.8, 4) is 11.1 Å². The second-order valence-electron chi connectivity index (χ2n) is 9.62. The fraction of sp³-hybridized carbons (Fsp3) is 0.429. The molecule has 2 aromatic carbocycles. The number of unbranched alkanes of at least 4 members (excludes halogenated alkanes) is 3. The molecule has 2 unspecified atom stereocenters. The van der Waals surface area contributed by atoms with Gasteiger partial charge in [0, 0.05) is 43.5 Å². The highest BCUT2D eigenvalue weighted by Gasteiger charge is 2.29. The monoisotopic (exact) mass is 492 g/mol. The predicted octanol–water partition coefficient (Wildman–Crippen LogP) is 5.33. The molecule has 1 aliphatic rings. The zero-order valence-corrected chi connectivity index (χ0v) is 21.1. The lowest BCUT2D eigenvalue weighted by Crippen LogP contribution is -2.53. The first kappa shape index (κ1) is 25.7. The van der Waals surface area contributed by atoms with Crippen molar-refractivity contribution < 1.29 is 19.5 Å². The van der Waals surface area contributed by atoms with E-state index in [9.17, 15) is 9.59 Å². The average Bonchev–Trinajstić information content (AvgIpc) is 3.35. The molecule has 4 rings (SSSR count). The van der Waals surface area contributed by atoms with Crippen LogP contribution in [0.3, 0.4) is 0 Å². The van der Waals surface area contributed by atoms with Crippen molar-refractivity contribution in [2.75, 3.05) is 24.5 Å². The lowest BCUT2D eigenvalue weighted by Gasteiger charge is -2.38. The number of nitrogens with zero attached hydrogens (tertiary/aromatic N) is 2. The van der Waals surface area contributed by atoms with Gasteiger partial charge in [-0.1, -0.05) is 37.1 Å². The maximum Gasteiger partial charge on any atom is 0.324 e. The molecule has 3 N–H and O–H groups in total. The lowest BCUT2D eigenvalue weighted by atomic mass is 10.0. The number of carbonyl (C=O) groups is 2. The van der Waals surface area contributed by atoms with Gasteiger partial charge in [0.1, 0.15) is 0 Å². The molecule has 3 aromatic rings. The van der Waals surface area contributed by atoms with Crippen LogP contribution in [0.4, 0.5) is 10.5 Å². The number of aromatic amines is 1. The quantitative estimate of drug-likeness (QED) is 0.214. The summed E-state index contributed by atoms with van der Waals surface area (Å²) < 4.78 is 5.83. The summed E-state index contributed by atoms with van der Waals surface area (Å²) >= 11 is 0. The number of rotatable bonds is 9. The number of H-pyrrole nitrogens is 1. The highest BCUT2D eigenvalue weighted by molar-refractivity contribution is 5.92. The predicted molar refractivity (Wildman–Crippen MR) is 141 cm³/mol. The normalized spacial score (nSPS) is 17.8. The van der Waals surface area contributed by atoms with Gasteiger partial charge in [-0.25, -0.2) is 10.3 Å². The smallest absolute Gasteiger partial charge is 0.324 e. The van der Waals surface area contributed by atoms with Gasteiger partial charge >= 0.3 is 6.03 Å². The van der Waals surface area contributed by atoms with Gasteiger partial charge in [-0.15, -0.1) is 0 Å². The molecule has 0 aliphatic carbocycles. The van der Waals surface area contributed by atoms with Crippen molar-refractivity contribution in [1.29, 1.82) is 0 Å². The van der Waals surface area contributed by atoms with Crippen molar-refractivity contribution in [3.05, 3.63) is 54.7 Å². The standard InChI is InChI=1S/C28H36N4O4/c1-20-18-31(19-21(2)36-20)28(34)32(16-6-4-3-5-7-27(33)30-35)25-12-10-22(11-13-25)24-9-8-23-14-15-29-26(23)17-24/h8-15,17,20-21,29,35H,3-7,16,18-19H2,1-2H3,(H,30,33). The van der Waals surface area contributed by atoms with E-state index in [2.05, 4.69) is 41.4 Å². The Labute approximate surface area is 212 Å². The molecule has 0 saturated carbocycles. The summed E-state index contributed by atoms with van der Waals surface area (Å²) in [4.78, 5) is 31.8. The molecule has 8 heteroatoms. The lowest BCUT2D eigenvalue weighted by molar-refractivity contribution is -0.129. The van der Waals surface area contributed by atoms with Crippen LogP contribution in [0, 0.1) is 0 Å². The van der Waals surface area contributed by atoms with Crippen molar-refractivity contribution in [3.63, 3.8) is 0 Å². The molecule has 1 aromatic heterocycles. The van der Waals surface area contributed by atoms with E-state index in [0.717, 1.165) is 41.6 Å². The second kappa shape index (κ2) is 12.1. The topological polar surface area (TPSA) is 97.9 Å². The summed E-state index contributed by atoms with van der Waals surface area (Å²) in [6, 6.07) is 16.6. The summed E-state index contributed by atoms with van der Waals surface area (Å²) in [6.45, 7) is 5.74. The maximum absolute atomic E-state index is 13.6. The summed E-state index contributed by atoms with van der Waals surface area (Å²) in [5.41, 5.74) is 5.86. The highest BCUT2D eigenvalue weighted by atomic mass is 16.5. The van der Waals surface area contributed by atoms with Crippen molar-refractivity contribution >= 4 is 28.5 Å². The highest BCUT2D eigenvalue weighted by Crippen LogP contribution is 2.27. The third kappa shape index (κ3) is 6.44. The average molecular weight is 493 g/mol. The molecule has 0 spiro atoms. The molecule has 1 fully saturated rings. The van der Waals surface area contributed by atoms with E-state index >= 15 is 0 Å². The van der Waals surface area contributed by atoms with Crippen LogP contribution in [-0.2, 0) is 9.53 Å². The Hall–Kier alpha value is -3.36. The molecule has 1 saturated heterocycles. The van der Waals surface area contributed by atoms with E-state index < -0.39 is 0 Å². The summed E-state index contributed by atoms with van der Waals surface area (Å²) in [7, 11) is 0. The Morgan fingerprint density at radius 3 is 2.42 bits per heavy atom. The third-order valence-corrected chi connectivity index (χ3v) is 6.65. The zero-order chi connectivity index (χ0) is 25.5. The summed E-state index contributed by atoms with van der Waals surface area (Å²) in [5, 5.41) is 9.81. The molecule has 36 heavy (non-hydrogen) atoms. The Bertz CT molecular complexity index is 1150. The first-order valence-electron chi connectivity index (χ1n) is 12.8. The number of fused-ring (bicyclic) bond motifs is 1. The van der Waals surface area contributed by atoms with Gasteiger partial charge in [-0.2, -0.15) is 0 Å². The third-order valence-electron chi connectivity index (χ3n) is 6.65. The van der Waals surface area contributed by atoms with Crippen LogP contribution in [0.5, 0.6) is 0 Å². The Balaban J connectivity index is 1.46. The van der Waals surface area contributed by atoms with Gasteiger partial charge in [0.15, 0.2) is 0 Å². The second-order valence-corrected chi connectivity index (χ2v) is 9.62. The molecular weight excluding hydrogens is 456 g/mol. The minimum Gasteiger partial charge on any atom is -0.372 e. The van der Waals surface area contributed by atoms with E-state index in [0.29, 0.717) is 32.5 Å². The number of morpholine rings is 1. The SMILES string of the molecule is CC1CN(C(=O)N(CCCCCCC(=O)NO)c2ccc(-c3ccc4cc[nH]c4c3)cc2)CC(C)O1. The summed E-state index contributed by atoms with van der Waals surface area (Å²) in [6.07, 6.45) is 5.54. The van der Waals surface area contributed by atoms with E-state index in [1.54, 1.807) is 5.48 Å². The van der Waals surface area contributed by atoms with Crippen LogP contribution < -0.4 is 10.4 Å². The number of anilines is 1. The minimum atomic E-state index is -0.363. The number of hydrogen-bond acceptors (Lipinski definition) is 4. The molecule has 0 radical (unpaired) electrons. The Kier molecular flexibility index (Phi) is 8.61. The van der Waals surface area contributed by atoms with Crippen LogP contribution in [-0.4, -0.2) is 58.9 Å². The number of carbonyl (C=O) groups excluding carboxylic acids is 2. The molecule has 2 heterocycles. The van der Waals surface area contributed by atoms with E-state index in [1.807, 2.05) is 42.0 Å². The van der Waals surface area contributed by atoms with Gasteiger partial charge in [-0.05, 0) is 67.5 Å². The van der Waals surface area contributed by atoms with Crippen molar-refractivity contribution in [1.82, 2.24) is 15.4 Å². The van der Waals surface area contributed by atoms with Gasteiger partial charge in [-0.3, -0.25) is 14.9 Å². The number of hydrogen-bond donors (Lipinski definition) is 3. The van der Waals surface area contributed by atoms with Crippen LogP contribution in [0.2, 0.25) is 0 Å². The number of hydroxylamine groups is 1. The number of ether oxygens (including phenoxy) is 1. The summed E-state index contributed by atoms with van der Waals surface area (Å²) in [5.74, 6) is -0.363. The molecule has 8 nitrogen and oxygen atoms in total. The van der Waals surface area contributed by atoms with Crippen LogP contribution in [0.25, 0.3) is 22.0 Å². The molecular formula is C28H36N4O4. The van der Waals surface area contributed by atoms with Gasteiger partial charge in [0.2, 0.25) is 5.91 Å². The minimum absolute atomic E-state index is 0.00232. The fourth-order valence-corrected chi connectivity index (χ4v) is 4.87. The van der Waals surface area contributed by atoms with Crippen LogP contribution >= 0.6 is 0 Å². The number of aromatic nitrogens is 1. The number of urea groups is 1. The Morgan fingerprint density at radius 1 is 1.00 bits per heavy atom. The first-order valence-corrected chi connectivity index (χ1v) is 12.8. The maximum atomic E-state index is 13.6. The van der Waals surface area contributed by atoms with Crippen LogP contribution in [0.1, 0.15) is 46.0 Å². The number of benzene rings is 2. The molecule has 192 valence electrons. The first-order chi connectivity index (χ1) is 17.4. The molecule has 2 atom stereocenters. The zero-order valence-electron chi connectivity index (χ0n) is 21.1. The van der Waals surface area contributed by atoms with Crippen molar-refractivity contribution in [2.24, 2.45) is 0 Å². The number of amides is 3. The molecule has 1 aliphatic heterocycles. The molecule has 3 amide bonds. The largest absolute Gasteiger partial charge is 0.372 e. The van der Waals surface area contributed by atoms with Crippen molar-refractivity contribution in [2.45, 2.75) is 58.2 Å². The van der Waals surface area contributed by atoms with Gasteiger partial charge < -0.3 is 14.6 Å². The van der Waals surface area contributed by atoms with Crippen LogP contribution in [0.15, 0.2) is 54.7 Å². The van der Waals surface area contributed by atoms with Gasteiger partial charge in [0.25, 0.3) is 0 Å². The number of nitrogens with one attached hydrogen (secondary N) is 2. The molecule has 0 bridgehead atoms.